The molecule has 0 aromatic heterocycles. The van der Waals surface area contributed by atoms with Crippen molar-refractivity contribution in [1.82, 2.24) is 16.1 Å². The van der Waals surface area contributed by atoms with Crippen molar-refractivity contribution in [1.29, 1.82) is 0 Å². The first-order valence-electron chi connectivity index (χ1n) is 11.0. The van der Waals surface area contributed by atoms with Gasteiger partial charge in [0, 0.05) is 12.0 Å². The number of hydrogen-bond donors (Lipinski definition) is 4. The van der Waals surface area contributed by atoms with Gasteiger partial charge in [0.15, 0.2) is 0 Å². The van der Waals surface area contributed by atoms with Crippen LogP contribution in [0.3, 0.4) is 0 Å². The number of fused-ring (bicyclic) bond motifs is 1. The average molecular weight is 447 g/mol. The standard InChI is InChI=1S/C26H30N4O3/c1-17(2)15-22(28-24(31)21-14-8-12-19-11-6-7-13-20(19)21)25(32)29-23(26(33)30-27)16-18-9-4-3-5-10-18/h3-14,17,22-23H,15-16,27H2,1-2H3,(H,28,31)(H,29,32)(H,30,33)/t22-,23-/m0/s1. The summed E-state index contributed by atoms with van der Waals surface area (Å²) in [6.07, 6.45) is 0.700. The Morgan fingerprint density at radius 1 is 0.788 bits per heavy atom. The van der Waals surface area contributed by atoms with E-state index in [0.717, 1.165) is 16.3 Å². The number of carbonyl (C=O) groups is 3. The van der Waals surface area contributed by atoms with Gasteiger partial charge in [-0.3, -0.25) is 19.8 Å². The number of nitrogens with one attached hydrogen (secondary N) is 3. The minimum absolute atomic E-state index is 0.143. The monoisotopic (exact) mass is 446 g/mol. The Balaban J connectivity index is 1.79. The van der Waals surface area contributed by atoms with Gasteiger partial charge in [-0.25, -0.2) is 5.84 Å². The molecule has 0 aliphatic rings. The lowest BCUT2D eigenvalue weighted by molar-refractivity contribution is -0.130. The van der Waals surface area contributed by atoms with Gasteiger partial charge in [0.1, 0.15) is 12.1 Å². The van der Waals surface area contributed by atoms with E-state index >= 15 is 0 Å². The van der Waals surface area contributed by atoms with Crippen LogP contribution in [0.5, 0.6) is 0 Å². The number of carbonyl (C=O) groups excluding carboxylic acids is 3. The Morgan fingerprint density at radius 3 is 2.15 bits per heavy atom. The van der Waals surface area contributed by atoms with Crippen molar-refractivity contribution in [2.45, 2.75) is 38.8 Å². The second-order valence-corrected chi connectivity index (χ2v) is 8.44. The van der Waals surface area contributed by atoms with Gasteiger partial charge in [-0.1, -0.05) is 80.6 Å². The largest absolute Gasteiger partial charge is 0.342 e. The van der Waals surface area contributed by atoms with Crippen molar-refractivity contribution in [3.8, 4) is 0 Å². The maximum absolute atomic E-state index is 13.2. The topological polar surface area (TPSA) is 113 Å². The Bertz CT molecular complexity index is 1110. The van der Waals surface area contributed by atoms with Crippen molar-refractivity contribution < 1.29 is 14.4 Å². The molecule has 3 aromatic rings. The average Bonchev–Trinajstić information content (AvgIpc) is 2.82. The van der Waals surface area contributed by atoms with Gasteiger partial charge in [-0.15, -0.1) is 0 Å². The smallest absolute Gasteiger partial charge is 0.256 e. The third-order valence-electron chi connectivity index (χ3n) is 5.42. The van der Waals surface area contributed by atoms with E-state index in [1.807, 2.05) is 80.6 Å². The number of hydrogen-bond acceptors (Lipinski definition) is 4. The zero-order chi connectivity index (χ0) is 23.8. The van der Waals surface area contributed by atoms with E-state index < -0.39 is 23.9 Å². The predicted molar refractivity (Wildman–Crippen MR) is 129 cm³/mol. The maximum Gasteiger partial charge on any atom is 0.256 e. The van der Waals surface area contributed by atoms with Crippen LogP contribution in [0.2, 0.25) is 0 Å². The highest BCUT2D eigenvalue weighted by Gasteiger charge is 2.28. The first-order valence-corrected chi connectivity index (χ1v) is 11.0. The van der Waals surface area contributed by atoms with Gasteiger partial charge < -0.3 is 10.6 Å². The van der Waals surface area contributed by atoms with Crippen LogP contribution in [0, 0.1) is 5.92 Å². The van der Waals surface area contributed by atoms with Crippen LogP contribution in [0.25, 0.3) is 10.8 Å². The molecule has 3 rings (SSSR count). The molecule has 0 aliphatic carbocycles. The summed E-state index contributed by atoms with van der Waals surface area (Å²) < 4.78 is 0. The van der Waals surface area contributed by atoms with Crippen molar-refractivity contribution in [3.63, 3.8) is 0 Å². The van der Waals surface area contributed by atoms with E-state index in [1.54, 1.807) is 6.07 Å². The molecule has 3 amide bonds. The van der Waals surface area contributed by atoms with E-state index in [4.69, 9.17) is 5.84 Å². The van der Waals surface area contributed by atoms with Crippen molar-refractivity contribution in [2.24, 2.45) is 11.8 Å². The highest BCUT2D eigenvalue weighted by atomic mass is 16.2. The minimum atomic E-state index is -0.867. The molecule has 0 saturated heterocycles. The molecule has 7 heteroatoms. The van der Waals surface area contributed by atoms with Gasteiger partial charge in [0.05, 0.1) is 0 Å². The SMILES string of the molecule is CC(C)C[C@H](NC(=O)c1cccc2ccccc12)C(=O)N[C@@H](Cc1ccccc1)C(=O)NN. The Hall–Kier alpha value is -3.71. The van der Waals surface area contributed by atoms with Crippen LogP contribution in [0.1, 0.15) is 36.2 Å². The van der Waals surface area contributed by atoms with Crippen molar-refractivity contribution in [2.75, 3.05) is 0 Å². The third-order valence-corrected chi connectivity index (χ3v) is 5.42. The summed E-state index contributed by atoms with van der Waals surface area (Å²) >= 11 is 0. The van der Waals surface area contributed by atoms with Crippen LogP contribution in [0.15, 0.2) is 72.8 Å². The van der Waals surface area contributed by atoms with Gasteiger partial charge in [-0.2, -0.15) is 0 Å². The molecule has 0 fully saturated rings. The van der Waals surface area contributed by atoms with Gasteiger partial charge in [0.25, 0.3) is 11.8 Å². The fraction of sp³-hybridized carbons (Fsp3) is 0.269. The molecular formula is C26H30N4O3. The molecule has 0 spiro atoms. The lowest BCUT2D eigenvalue weighted by Crippen LogP contribution is -2.55. The molecular weight excluding hydrogens is 416 g/mol. The Labute approximate surface area is 193 Å². The molecule has 0 saturated carbocycles. The number of nitrogens with two attached hydrogens (primary N) is 1. The Morgan fingerprint density at radius 2 is 1.45 bits per heavy atom. The van der Waals surface area contributed by atoms with Crippen LogP contribution in [0.4, 0.5) is 0 Å². The molecule has 172 valence electrons. The second-order valence-electron chi connectivity index (χ2n) is 8.44. The summed E-state index contributed by atoms with van der Waals surface area (Å²) in [5.74, 6) is 4.22. The van der Waals surface area contributed by atoms with Crippen LogP contribution >= 0.6 is 0 Å². The molecule has 3 aromatic carbocycles. The van der Waals surface area contributed by atoms with E-state index in [2.05, 4.69) is 16.1 Å². The van der Waals surface area contributed by atoms with Crippen LogP contribution < -0.4 is 21.9 Å². The highest BCUT2D eigenvalue weighted by molar-refractivity contribution is 6.08. The van der Waals surface area contributed by atoms with Gasteiger partial charge in [0.2, 0.25) is 5.91 Å². The summed E-state index contributed by atoms with van der Waals surface area (Å²) in [4.78, 5) is 38.7. The fourth-order valence-corrected chi connectivity index (χ4v) is 3.79. The summed E-state index contributed by atoms with van der Waals surface area (Å²) in [5.41, 5.74) is 3.49. The number of amides is 3. The molecule has 5 N–H and O–H groups in total. The highest BCUT2D eigenvalue weighted by Crippen LogP contribution is 2.19. The molecule has 0 heterocycles. The third kappa shape index (κ3) is 6.40. The molecule has 33 heavy (non-hydrogen) atoms. The predicted octanol–water partition coefficient (Wildman–Crippen LogP) is 2.70. The first kappa shape index (κ1) is 23.9. The van der Waals surface area contributed by atoms with E-state index in [-0.39, 0.29) is 18.2 Å². The molecule has 0 radical (unpaired) electrons. The summed E-state index contributed by atoms with van der Waals surface area (Å²) in [7, 11) is 0. The molecule has 7 nitrogen and oxygen atoms in total. The number of rotatable bonds is 9. The summed E-state index contributed by atoms with van der Waals surface area (Å²) in [6.45, 7) is 3.94. The second kappa shape index (κ2) is 11.2. The van der Waals surface area contributed by atoms with E-state index in [0.29, 0.717) is 12.0 Å². The van der Waals surface area contributed by atoms with E-state index in [9.17, 15) is 14.4 Å². The zero-order valence-corrected chi connectivity index (χ0v) is 18.9. The van der Waals surface area contributed by atoms with Crippen LogP contribution in [-0.2, 0) is 16.0 Å². The number of hydrazine groups is 1. The quantitative estimate of drug-likeness (QED) is 0.230. The first-order chi connectivity index (χ1) is 15.9. The van der Waals surface area contributed by atoms with Crippen LogP contribution in [-0.4, -0.2) is 29.8 Å². The minimum Gasteiger partial charge on any atom is -0.342 e. The molecule has 2 atom stereocenters. The fourth-order valence-electron chi connectivity index (χ4n) is 3.79. The van der Waals surface area contributed by atoms with Crippen molar-refractivity contribution in [3.05, 3.63) is 83.9 Å². The zero-order valence-electron chi connectivity index (χ0n) is 18.9. The summed E-state index contributed by atoms with van der Waals surface area (Å²) in [5, 5.41) is 7.39. The van der Waals surface area contributed by atoms with Crippen molar-refractivity contribution >= 4 is 28.5 Å². The Kier molecular flexibility index (Phi) is 8.16. The molecule has 0 unspecified atom stereocenters. The molecule has 0 aliphatic heterocycles. The normalized spacial score (nSPS) is 12.7. The van der Waals surface area contributed by atoms with Gasteiger partial charge in [-0.05, 0) is 34.7 Å². The van der Waals surface area contributed by atoms with Gasteiger partial charge >= 0.3 is 0 Å². The summed E-state index contributed by atoms with van der Waals surface area (Å²) in [6, 6.07) is 20.8. The van der Waals surface area contributed by atoms with E-state index in [1.165, 1.54) is 0 Å². The lowest BCUT2D eigenvalue weighted by atomic mass is 9.99. The maximum atomic E-state index is 13.2. The number of benzene rings is 3. The lowest BCUT2D eigenvalue weighted by Gasteiger charge is -2.24. The molecule has 0 bridgehead atoms.